The number of rotatable bonds is 5. The van der Waals surface area contributed by atoms with Crippen molar-refractivity contribution < 1.29 is 9.59 Å². The van der Waals surface area contributed by atoms with Crippen molar-refractivity contribution in [2.24, 2.45) is 0 Å². The zero-order chi connectivity index (χ0) is 10.4. The van der Waals surface area contributed by atoms with E-state index in [-0.39, 0.29) is 5.91 Å². The van der Waals surface area contributed by atoms with Crippen LogP contribution in [-0.2, 0) is 9.59 Å². The standard InChI is InChI=1S/C10H18N2O2/c1-2-11(9-13)8-5-10(14)12-6-3-4-7-12/h9H,2-8H2,1H3. The molecule has 0 atom stereocenters. The maximum absolute atomic E-state index is 11.6. The van der Waals surface area contributed by atoms with Crippen LogP contribution in [0.2, 0.25) is 0 Å². The van der Waals surface area contributed by atoms with Crippen molar-refractivity contribution in [3.63, 3.8) is 0 Å². The van der Waals surface area contributed by atoms with E-state index in [1.54, 1.807) is 4.90 Å². The molecule has 1 heterocycles. The van der Waals surface area contributed by atoms with Gasteiger partial charge in [0.15, 0.2) is 0 Å². The van der Waals surface area contributed by atoms with E-state index >= 15 is 0 Å². The summed E-state index contributed by atoms with van der Waals surface area (Å²) in [4.78, 5) is 25.5. The van der Waals surface area contributed by atoms with E-state index in [9.17, 15) is 9.59 Å². The van der Waals surface area contributed by atoms with Gasteiger partial charge in [-0.15, -0.1) is 0 Å². The summed E-state index contributed by atoms with van der Waals surface area (Å²) < 4.78 is 0. The molecule has 0 bridgehead atoms. The lowest BCUT2D eigenvalue weighted by molar-refractivity contribution is -0.130. The smallest absolute Gasteiger partial charge is 0.224 e. The largest absolute Gasteiger partial charge is 0.345 e. The first-order chi connectivity index (χ1) is 6.77. The Bertz CT molecular complexity index is 200. The fourth-order valence-corrected chi connectivity index (χ4v) is 1.65. The molecule has 4 heteroatoms. The van der Waals surface area contributed by atoms with E-state index in [2.05, 4.69) is 0 Å². The first-order valence-corrected chi connectivity index (χ1v) is 5.25. The summed E-state index contributed by atoms with van der Waals surface area (Å²) in [6.45, 7) is 4.93. The minimum Gasteiger partial charge on any atom is -0.345 e. The van der Waals surface area contributed by atoms with Gasteiger partial charge in [0, 0.05) is 32.6 Å². The monoisotopic (exact) mass is 198 g/mol. The predicted octanol–water partition coefficient (Wildman–Crippen LogP) is 0.477. The Labute approximate surface area is 84.9 Å². The highest BCUT2D eigenvalue weighted by Gasteiger charge is 2.17. The molecule has 0 saturated carbocycles. The summed E-state index contributed by atoms with van der Waals surface area (Å²) >= 11 is 0. The second-order valence-electron chi connectivity index (χ2n) is 3.57. The number of carbonyl (C=O) groups is 2. The third kappa shape index (κ3) is 3.01. The molecule has 1 fully saturated rings. The normalized spacial score (nSPS) is 15.6. The minimum absolute atomic E-state index is 0.183. The van der Waals surface area contributed by atoms with Crippen LogP contribution >= 0.6 is 0 Å². The van der Waals surface area contributed by atoms with Gasteiger partial charge in [0.05, 0.1) is 0 Å². The van der Waals surface area contributed by atoms with Crippen LogP contribution in [0, 0.1) is 0 Å². The molecular weight excluding hydrogens is 180 g/mol. The number of nitrogens with zero attached hydrogens (tertiary/aromatic N) is 2. The summed E-state index contributed by atoms with van der Waals surface area (Å²) in [5, 5.41) is 0. The molecule has 1 aliphatic heterocycles. The Balaban J connectivity index is 2.22. The third-order valence-electron chi connectivity index (χ3n) is 2.63. The fourth-order valence-electron chi connectivity index (χ4n) is 1.65. The van der Waals surface area contributed by atoms with E-state index in [0.29, 0.717) is 19.5 Å². The fraction of sp³-hybridized carbons (Fsp3) is 0.800. The highest BCUT2D eigenvalue weighted by Crippen LogP contribution is 2.08. The van der Waals surface area contributed by atoms with Crippen LogP contribution in [0.15, 0.2) is 0 Å². The van der Waals surface area contributed by atoms with Crippen molar-refractivity contribution in [2.45, 2.75) is 26.2 Å². The third-order valence-corrected chi connectivity index (χ3v) is 2.63. The molecule has 0 N–H and O–H groups in total. The molecule has 80 valence electrons. The molecule has 14 heavy (non-hydrogen) atoms. The maximum atomic E-state index is 11.6. The van der Waals surface area contributed by atoms with Gasteiger partial charge in [-0.2, -0.15) is 0 Å². The van der Waals surface area contributed by atoms with Gasteiger partial charge < -0.3 is 9.80 Å². The molecule has 1 saturated heterocycles. The van der Waals surface area contributed by atoms with Crippen molar-refractivity contribution in [1.29, 1.82) is 0 Å². The van der Waals surface area contributed by atoms with E-state index in [0.717, 1.165) is 32.3 Å². The Morgan fingerprint density at radius 3 is 2.57 bits per heavy atom. The quantitative estimate of drug-likeness (QED) is 0.603. The lowest BCUT2D eigenvalue weighted by Gasteiger charge is -2.18. The van der Waals surface area contributed by atoms with E-state index in [4.69, 9.17) is 0 Å². The molecule has 1 rings (SSSR count). The second kappa shape index (κ2) is 5.62. The van der Waals surface area contributed by atoms with Crippen LogP contribution in [0.1, 0.15) is 26.2 Å². The Hall–Kier alpha value is -1.06. The Kier molecular flexibility index (Phi) is 4.43. The topological polar surface area (TPSA) is 40.6 Å². The zero-order valence-corrected chi connectivity index (χ0v) is 8.74. The number of likely N-dealkylation sites (tertiary alicyclic amines) is 1. The number of hydrogen-bond donors (Lipinski definition) is 0. The van der Waals surface area contributed by atoms with E-state index in [1.807, 2.05) is 11.8 Å². The van der Waals surface area contributed by atoms with Crippen molar-refractivity contribution in [3.8, 4) is 0 Å². The van der Waals surface area contributed by atoms with Crippen molar-refractivity contribution in [3.05, 3.63) is 0 Å². The highest BCUT2D eigenvalue weighted by atomic mass is 16.2. The maximum Gasteiger partial charge on any atom is 0.224 e. The molecule has 0 aromatic carbocycles. The lowest BCUT2D eigenvalue weighted by Crippen LogP contribution is -2.32. The van der Waals surface area contributed by atoms with Crippen LogP contribution in [0.5, 0.6) is 0 Å². The average Bonchev–Trinajstić information content (AvgIpc) is 2.72. The van der Waals surface area contributed by atoms with Gasteiger partial charge in [-0.25, -0.2) is 0 Å². The second-order valence-corrected chi connectivity index (χ2v) is 3.57. The molecule has 0 unspecified atom stereocenters. The summed E-state index contributed by atoms with van der Waals surface area (Å²) in [5.74, 6) is 0.183. The van der Waals surface area contributed by atoms with Crippen LogP contribution in [-0.4, -0.2) is 48.3 Å². The van der Waals surface area contributed by atoms with Crippen LogP contribution in [0.4, 0.5) is 0 Å². The molecular formula is C10H18N2O2. The van der Waals surface area contributed by atoms with Crippen LogP contribution < -0.4 is 0 Å². The number of hydrogen-bond acceptors (Lipinski definition) is 2. The van der Waals surface area contributed by atoms with Crippen molar-refractivity contribution in [1.82, 2.24) is 9.80 Å². The van der Waals surface area contributed by atoms with Gasteiger partial charge in [0.1, 0.15) is 0 Å². The van der Waals surface area contributed by atoms with Crippen LogP contribution in [0.25, 0.3) is 0 Å². The molecule has 0 aliphatic carbocycles. The molecule has 1 aliphatic rings. The van der Waals surface area contributed by atoms with Gasteiger partial charge in [0.2, 0.25) is 12.3 Å². The van der Waals surface area contributed by atoms with Crippen molar-refractivity contribution >= 4 is 12.3 Å². The average molecular weight is 198 g/mol. The zero-order valence-electron chi connectivity index (χ0n) is 8.74. The Morgan fingerprint density at radius 1 is 1.43 bits per heavy atom. The first-order valence-electron chi connectivity index (χ1n) is 5.25. The van der Waals surface area contributed by atoms with Gasteiger partial charge in [-0.05, 0) is 19.8 Å². The predicted molar refractivity (Wildman–Crippen MR) is 53.7 cm³/mol. The van der Waals surface area contributed by atoms with E-state index < -0.39 is 0 Å². The molecule has 2 amide bonds. The molecule has 0 radical (unpaired) electrons. The van der Waals surface area contributed by atoms with Crippen LogP contribution in [0.3, 0.4) is 0 Å². The summed E-state index contributed by atoms with van der Waals surface area (Å²) in [7, 11) is 0. The summed E-state index contributed by atoms with van der Waals surface area (Å²) in [5.41, 5.74) is 0. The van der Waals surface area contributed by atoms with Gasteiger partial charge in [0.25, 0.3) is 0 Å². The molecule has 0 spiro atoms. The van der Waals surface area contributed by atoms with Gasteiger partial charge in [-0.3, -0.25) is 9.59 Å². The molecule has 0 aromatic rings. The van der Waals surface area contributed by atoms with Gasteiger partial charge >= 0.3 is 0 Å². The first kappa shape index (κ1) is 11.0. The highest BCUT2D eigenvalue weighted by molar-refractivity contribution is 5.76. The summed E-state index contributed by atoms with van der Waals surface area (Å²) in [6.07, 6.45) is 3.51. The van der Waals surface area contributed by atoms with Gasteiger partial charge in [-0.1, -0.05) is 0 Å². The van der Waals surface area contributed by atoms with E-state index in [1.165, 1.54) is 0 Å². The SMILES string of the molecule is CCN(C=O)CCC(=O)N1CCCC1. The lowest BCUT2D eigenvalue weighted by atomic mass is 10.3. The van der Waals surface area contributed by atoms with Crippen molar-refractivity contribution in [2.75, 3.05) is 26.2 Å². The molecule has 4 nitrogen and oxygen atoms in total. The number of amides is 2. The minimum atomic E-state index is 0.183. The molecule has 0 aromatic heterocycles. The Morgan fingerprint density at radius 2 is 2.07 bits per heavy atom. The number of carbonyl (C=O) groups excluding carboxylic acids is 2. The summed E-state index contributed by atoms with van der Waals surface area (Å²) in [6, 6.07) is 0.